The predicted molar refractivity (Wildman–Crippen MR) is 97.9 cm³/mol. The summed E-state index contributed by atoms with van der Waals surface area (Å²) in [6, 6.07) is 9.74. The van der Waals surface area contributed by atoms with E-state index in [0.29, 0.717) is 6.61 Å². The third-order valence-corrected chi connectivity index (χ3v) is 10.4. The molecule has 132 valence electrons. The van der Waals surface area contributed by atoms with Crippen LogP contribution in [-0.2, 0) is 25.6 Å². The van der Waals surface area contributed by atoms with Crippen LogP contribution in [0.4, 0.5) is 0 Å². The van der Waals surface area contributed by atoms with Gasteiger partial charge in [0.1, 0.15) is 5.25 Å². The van der Waals surface area contributed by atoms with Gasteiger partial charge in [-0.05, 0) is 23.7 Å². The normalized spacial score (nSPS) is 14.7. The van der Waals surface area contributed by atoms with E-state index in [0.717, 1.165) is 5.56 Å². The van der Waals surface area contributed by atoms with Crippen LogP contribution in [0.3, 0.4) is 0 Å². The molecule has 0 fully saturated rings. The van der Waals surface area contributed by atoms with Crippen molar-refractivity contribution < 1.29 is 17.6 Å². The van der Waals surface area contributed by atoms with Gasteiger partial charge in [-0.1, -0.05) is 51.1 Å². The van der Waals surface area contributed by atoms with Crippen LogP contribution in [-0.4, -0.2) is 41.5 Å². The minimum atomic E-state index is -3.22. The van der Waals surface area contributed by atoms with E-state index in [-0.39, 0.29) is 18.3 Å². The molecule has 0 heterocycles. The first-order valence-electron chi connectivity index (χ1n) is 7.88. The van der Waals surface area contributed by atoms with Crippen LogP contribution in [0.25, 0.3) is 0 Å². The molecule has 1 atom stereocenters. The first kappa shape index (κ1) is 20.4. The van der Waals surface area contributed by atoms with Crippen LogP contribution in [0, 0.1) is 0 Å². The van der Waals surface area contributed by atoms with Gasteiger partial charge in [0.25, 0.3) is 0 Å². The summed E-state index contributed by atoms with van der Waals surface area (Å²) in [4.78, 5) is 0. The van der Waals surface area contributed by atoms with Gasteiger partial charge < -0.3 is 9.16 Å². The molecule has 0 aromatic heterocycles. The molecule has 0 N–H and O–H groups in total. The van der Waals surface area contributed by atoms with Crippen LogP contribution < -0.4 is 0 Å². The van der Waals surface area contributed by atoms with Gasteiger partial charge in [-0.3, -0.25) is 0 Å². The first-order valence-corrected chi connectivity index (χ1v) is 12.7. The van der Waals surface area contributed by atoms with Crippen molar-refractivity contribution in [1.29, 1.82) is 0 Å². The van der Waals surface area contributed by atoms with Gasteiger partial charge >= 0.3 is 0 Å². The Morgan fingerprint density at radius 1 is 1.09 bits per heavy atom. The van der Waals surface area contributed by atoms with Crippen molar-refractivity contribution in [2.45, 2.75) is 50.8 Å². The van der Waals surface area contributed by atoms with Crippen LogP contribution in [0.15, 0.2) is 30.3 Å². The lowest BCUT2D eigenvalue weighted by Gasteiger charge is -2.37. The monoisotopic (exact) mass is 358 g/mol. The third kappa shape index (κ3) is 6.75. The average Bonchev–Trinajstić information content (AvgIpc) is 2.41. The number of rotatable bonds is 8. The van der Waals surface area contributed by atoms with Crippen molar-refractivity contribution in [2.24, 2.45) is 0 Å². The Labute approximate surface area is 142 Å². The highest BCUT2D eigenvalue weighted by Gasteiger charge is 2.38. The summed E-state index contributed by atoms with van der Waals surface area (Å²) in [6.45, 7) is 11.4. The number of sulfone groups is 1. The fraction of sp³-hybridized carbons (Fsp3) is 0.647. The Hall–Kier alpha value is -0.693. The molecular formula is C17H30O4SSi. The summed E-state index contributed by atoms with van der Waals surface area (Å²) < 4.78 is 35.7. The van der Waals surface area contributed by atoms with Crippen LogP contribution in [0.2, 0.25) is 18.1 Å². The van der Waals surface area contributed by atoms with E-state index < -0.39 is 23.4 Å². The third-order valence-electron chi connectivity index (χ3n) is 4.46. The Morgan fingerprint density at radius 2 is 1.65 bits per heavy atom. The Balaban J connectivity index is 2.61. The minimum Gasteiger partial charge on any atom is -0.415 e. The van der Waals surface area contributed by atoms with E-state index in [9.17, 15) is 8.42 Å². The lowest BCUT2D eigenvalue weighted by Crippen LogP contribution is -2.44. The molecule has 0 radical (unpaired) electrons. The van der Waals surface area contributed by atoms with Crippen molar-refractivity contribution in [3.05, 3.63) is 35.9 Å². The maximum absolute atomic E-state index is 12.0. The summed E-state index contributed by atoms with van der Waals surface area (Å²) >= 11 is 0. The molecule has 0 aliphatic rings. The Kier molecular flexibility index (Phi) is 7.01. The molecule has 0 aliphatic carbocycles. The van der Waals surface area contributed by atoms with E-state index in [2.05, 4.69) is 33.9 Å². The van der Waals surface area contributed by atoms with Gasteiger partial charge in [0, 0.05) is 6.26 Å². The van der Waals surface area contributed by atoms with Crippen LogP contribution in [0.1, 0.15) is 26.3 Å². The zero-order valence-electron chi connectivity index (χ0n) is 15.1. The second-order valence-electron chi connectivity index (χ2n) is 7.52. The van der Waals surface area contributed by atoms with Gasteiger partial charge in [0.15, 0.2) is 18.2 Å². The van der Waals surface area contributed by atoms with Gasteiger partial charge in [-0.15, -0.1) is 0 Å². The summed E-state index contributed by atoms with van der Waals surface area (Å²) in [7, 11) is -5.18. The molecular weight excluding hydrogens is 328 g/mol. The average molecular weight is 359 g/mol. The van der Waals surface area contributed by atoms with E-state index in [1.165, 1.54) is 6.26 Å². The quantitative estimate of drug-likeness (QED) is 0.666. The summed E-state index contributed by atoms with van der Waals surface area (Å²) in [6.07, 6.45) is 1.25. The Bertz CT molecular complexity index is 576. The van der Waals surface area contributed by atoms with E-state index >= 15 is 0 Å². The molecule has 23 heavy (non-hydrogen) atoms. The van der Waals surface area contributed by atoms with Gasteiger partial charge in [0.05, 0.1) is 19.8 Å². The molecule has 1 rings (SSSR count). The van der Waals surface area contributed by atoms with Crippen molar-refractivity contribution in [3.8, 4) is 0 Å². The lowest BCUT2D eigenvalue weighted by molar-refractivity contribution is 0.107. The molecule has 0 saturated carbocycles. The second kappa shape index (κ2) is 7.92. The topological polar surface area (TPSA) is 52.6 Å². The van der Waals surface area contributed by atoms with Crippen molar-refractivity contribution in [2.75, 3.05) is 19.5 Å². The van der Waals surface area contributed by atoms with Crippen LogP contribution >= 0.6 is 0 Å². The fourth-order valence-electron chi connectivity index (χ4n) is 1.70. The predicted octanol–water partition coefficient (Wildman–Crippen LogP) is 3.64. The first-order chi connectivity index (χ1) is 10.4. The van der Waals surface area contributed by atoms with E-state index in [4.69, 9.17) is 9.16 Å². The number of hydrogen-bond donors (Lipinski definition) is 0. The van der Waals surface area contributed by atoms with Crippen LogP contribution in [0.5, 0.6) is 0 Å². The molecule has 1 aromatic carbocycles. The highest BCUT2D eigenvalue weighted by Crippen LogP contribution is 2.36. The van der Waals surface area contributed by atoms with E-state index in [1.807, 2.05) is 30.3 Å². The lowest BCUT2D eigenvalue weighted by atomic mass is 10.2. The fourth-order valence-corrected chi connectivity index (χ4v) is 3.53. The molecule has 0 aliphatic heterocycles. The molecule has 6 heteroatoms. The number of benzene rings is 1. The molecule has 0 saturated heterocycles. The highest BCUT2D eigenvalue weighted by molar-refractivity contribution is 7.91. The molecule has 0 amide bonds. The molecule has 0 bridgehead atoms. The maximum atomic E-state index is 12.0. The smallest absolute Gasteiger partial charge is 0.192 e. The SMILES string of the molecule is CC(C)(C)[Si](C)(C)OCC(COCc1ccccc1)S(C)(=O)=O. The largest absolute Gasteiger partial charge is 0.415 e. The Morgan fingerprint density at radius 3 is 2.13 bits per heavy atom. The standard InChI is InChI=1S/C17H30O4SSi/c1-17(2,3)23(5,6)21-14-16(22(4,18)19)13-20-12-15-10-8-7-9-11-15/h7-11,16H,12-14H2,1-6H3. The molecule has 1 aromatic rings. The van der Waals surface area contributed by atoms with Gasteiger partial charge in [-0.25, -0.2) is 8.42 Å². The maximum Gasteiger partial charge on any atom is 0.192 e. The highest BCUT2D eigenvalue weighted by atomic mass is 32.2. The summed E-state index contributed by atoms with van der Waals surface area (Å²) in [5.41, 5.74) is 1.03. The van der Waals surface area contributed by atoms with E-state index in [1.54, 1.807) is 0 Å². The van der Waals surface area contributed by atoms with Crippen molar-refractivity contribution in [1.82, 2.24) is 0 Å². The summed E-state index contributed by atoms with van der Waals surface area (Å²) in [5.74, 6) is 0. The molecule has 1 unspecified atom stereocenters. The zero-order chi connectivity index (χ0) is 17.7. The molecule has 0 spiro atoms. The van der Waals surface area contributed by atoms with Crippen molar-refractivity contribution in [3.63, 3.8) is 0 Å². The summed E-state index contributed by atoms with van der Waals surface area (Å²) in [5, 5.41) is -0.569. The molecule has 4 nitrogen and oxygen atoms in total. The van der Waals surface area contributed by atoms with Gasteiger partial charge in [0.2, 0.25) is 0 Å². The van der Waals surface area contributed by atoms with Crippen molar-refractivity contribution >= 4 is 18.2 Å². The minimum absolute atomic E-state index is 0.0555. The zero-order valence-corrected chi connectivity index (χ0v) is 16.9. The number of hydrogen-bond acceptors (Lipinski definition) is 4. The second-order valence-corrected chi connectivity index (χ2v) is 14.7. The number of ether oxygens (including phenoxy) is 1. The van der Waals surface area contributed by atoms with Gasteiger partial charge in [-0.2, -0.15) is 0 Å².